The molecule has 8 heteroatoms. The molecule has 32 heavy (non-hydrogen) atoms. The van der Waals surface area contributed by atoms with E-state index in [1.807, 2.05) is 18.2 Å². The van der Waals surface area contributed by atoms with Crippen molar-refractivity contribution >= 4 is 29.9 Å². The third kappa shape index (κ3) is 7.83. The molecule has 0 saturated carbocycles. The Kier molecular flexibility index (Phi) is 11.1. The molecule has 0 amide bonds. The van der Waals surface area contributed by atoms with Gasteiger partial charge in [-0.15, -0.1) is 24.0 Å². The maximum absolute atomic E-state index is 5.64. The lowest BCUT2D eigenvalue weighted by Gasteiger charge is -2.31. The molecule has 1 saturated heterocycles. The van der Waals surface area contributed by atoms with Crippen LogP contribution in [0, 0.1) is 0 Å². The molecule has 2 N–H and O–H groups in total. The van der Waals surface area contributed by atoms with E-state index in [1.165, 1.54) is 11.1 Å². The third-order valence-corrected chi connectivity index (χ3v) is 5.31. The van der Waals surface area contributed by atoms with Crippen molar-refractivity contribution in [1.29, 1.82) is 0 Å². The highest BCUT2D eigenvalue weighted by molar-refractivity contribution is 14.0. The monoisotopic (exact) mass is 554 g/mol. The molecule has 1 aliphatic heterocycles. The van der Waals surface area contributed by atoms with Gasteiger partial charge in [0.1, 0.15) is 0 Å². The summed E-state index contributed by atoms with van der Waals surface area (Å²) in [7, 11) is 5.06. The van der Waals surface area contributed by atoms with Gasteiger partial charge in [0.25, 0.3) is 0 Å². The molecule has 2 aromatic rings. The van der Waals surface area contributed by atoms with E-state index in [0.717, 1.165) is 49.3 Å². The highest BCUT2D eigenvalue weighted by Crippen LogP contribution is 2.27. The van der Waals surface area contributed by atoms with Gasteiger partial charge >= 0.3 is 0 Å². The average Bonchev–Trinajstić information content (AvgIpc) is 2.79. The Morgan fingerprint density at radius 3 is 2.38 bits per heavy atom. The lowest BCUT2D eigenvalue weighted by atomic mass is 10.1. The largest absolute Gasteiger partial charge is 0.493 e. The molecule has 1 heterocycles. The fraction of sp³-hybridized carbons (Fsp3) is 0.458. The minimum Gasteiger partial charge on any atom is -0.493 e. The maximum Gasteiger partial charge on any atom is 0.191 e. The van der Waals surface area contributed by atoms with E-state index in [1.54, 1.807) is 21.3 Å². The maximum atomic E-state index is 5.64. The molecule has 0 aliphatic carbocycles. The Bertz CT molecular complexity index is 878. The molecule has 2 aromatic carbocycles. The highest BCUT2D eigenvalue weighted by atomic mass is 127. The van der Waals surface area contributed by atoms with Crippen LogP contribution in [0.4, 0.5) is 0 Å². The van der Waals surface area contributed by atoms with Crippen molar-refractivity contribution in [2.24, 2.45) is 4.99 Å². The quantitative estimate of drug-likeness (QED) is 0.296. The Morgan fingerprint density at radius 1 is 1.03 bits per heavy atom. The molecule has 176 valence electrons. The van der Waals surface area contributed by atoms with E-state index in [9.17, 15) is 0 Å². The second-order valence-electron chi connectivity index (χ2n) is 7.71. The third-order valence-electron chi connectivity index (χ3n) is 5.31. The Morgan fingerprint density at radius 2 is 1.72 bits per heavy atom. The molecule has 1 atom stereocenters. The van der Waals surface area contributed by atoms with E-state index in [4.69, 9.17) is 14.2 Å². The number of rotatable bonds is 8. The van der Waals surface area contributed by atoms with Gasteiger partial charge in [-0.3, -0.25) is 9.89 Å². The summed E-state index contributed by atoms with van der Waals surface area (Å²) in [6.45, 7) is 7.20. The van der Waals surface area contributed by atoms with Gasteiger partial charge in [0.15, 0.2) is 17.5 Å². The van der Waals surface area contributed by atoms with Gasteiger partial charge in [-0.25, -0.2) is 0 Å². The molecule has 0 radical (unpaired) electrons. The van der Waals surface area contributed by atoms with Gasteiger partial charge in [-0.05, 0) is 35.7 Å². The first-order valence-corrected chi connectivity index (χ1v) is 10.7. The Labute approximate surface area is 208 Å². The van der Waals surface area contributed by atoms with E-state index in [-0.39, 0.29) is 24.0 Å². The number of morpholine rings is 1. The zero-order valence-electron chi connectivity index (χ0n) is 19.4. The first-order chi connectivity index (χ1) is 15.1. The Balaban J connectivity index is 0.00000363. The van der Waals surface area contributed by atoms with Crippen molar-refractivity contribution in [2.75, 3.05) is 41.0 Å². The molecular formula is C24H35IN4O3. The smallest absolute Gasteiger partial charge is 0.191 e. The number of ether oxygens (including phenoxy) is 3. The summed E-state index contributed by atoms with van der Waals surface area (Å²) in [6, 6.07) is 14.6. The van der Waals surface area contributed by atoms with Gasteiger partial charge in [0.05, 0.1) is 26.9 Å². The van der Waals surface area contributed by atoms with Gasteiger partial charge < -0.3 is 24.8 Å². The normalized spacial score (nSPS) is 16.8. The van der Waals surface area contributed by atoms with Crippen molar-refractivity contribution in [3.05, 3.63) is 59.2 Å². The minimum absolute atomic E-state index is 0. The summed E-state index contributed by atoms with van der Waals surface area (Å²) in [6.07, 6.45) is 0.304. The minimum atomic E-state index is 0. The van der Waals surface area contributed by atoms with Gasteiger partial charge in [0.2, 0.25) is 0 Å². The van der Waals surface area contributed by atoms with Gasteiger partial charge in [-0.1, -0.05) is 30.3 Å². The summed E-state index contributed by atoms with van der Waals surface area (Å²) in [5.41, 5.74) is 3.64. The fourth-order valence-corrected chi connectivity index (χ4v) is 3.71. The van der Waals surface area contributed by atoms with Crippen molar-refractivity contribution < 1.29 is 14.2 Å². The molecular weight excluding hydrogens is 519 g/mol. The van der Waals surface area contributed by atoms with E-state index < -0.39 is 0 Å². The fourth-order valence-electron chi connectivity index (χ4n) is 3.71. The summed E-state index contributed by atoms with van der Waals surface area (Å²) >= 11 is 0. The number of methoxy groups -OCH3 is 2. The van der Waals surface area contributed by atoms with Crippen LogP contribution in [0.3, 0.4) is 0 Å². The first kappa shape index (κ1) is 26.2. The number of hydrogen-bond donors (Lipinski definition) is 2. The van der Waals surface area contributed by atoms with Crippen molar-refractivity contribution in [3.8, 4) is 11.5 Å². The van der Waals surface area contributed by atoms with Crippen LogP contribution in [0.25, 0.3) is 0 Å². The van der Waals surface area contributed by atoms with Gasteiger partial charge in [-0.2, -0.15) is 0 Å². The van der Waals surface area contributed by atoms with Crippen molar-refractivity contribution in [2.45, 2.75) is 32.7 Å². The van der Waals surface area contributed by atoms with Crippen LogP contribution >= 0.6 is 24.0 Å². The molecule has 1 aliphatic rings. The molecule has 0 bridgehead atoms. The number of nitrogens with zero attached hydrogens (tertiary/aromatic N) is 2. The zero-order chi connectivity index (χ0) is 22.1. The SMILES string of the molecule is CN=C(NCc1cccc(CN2CCOC(C)C2)c1)NCc1ccc(OC)c(OC)c1.I. The lowest BCUT2D eigenvalue weighted by molar-refractivity contribution is -0.0212. The van der Waals surface area contributed by atoms with Crippen LogP contribution in [0.15, 0.2) is 47.5 Å². The van der Waals surface area contributed by atoms with Crippen LogP contribution in [0.5, 0.6) is 11.5 Å². The summed E-state index contributed by atoms with van der Waals surface area (Å²) in [4.78, 5) is 6.78. The Hall–Kier alpha value is -2.04. The molecule has 7 nitrogen and oxygen atoms in total. The first-order valence-electron chi connectivity index (χ1n) is 10.7. The van der Waals surface area contributed by atoms with Crippen LogP contribution < -0.4 is 20.1 Å². The summed E-state index contributed by atoms with van der Waals surface area (Å²) in [5, 5.41) is 6.74. The topological polar surface area (TPSA) is 67.4 Å². The van der Waals surface area contributed by atoms with Crippen LogP contribution in [0.1, 0.15) is 23.6 Å². The van der Waals surface area contributed by atoms with E-state index in [2.05, 4.69) is 51.7 Å². The van der Waals surface area contributed by atoms with Gasteiger partial charge in [0, 0.05) is 39.8 Å². The van der Waals surface area contributed by atoms with Crippen LogP contribution in [0.2, 0.25) is 0 Å². The van der Waals surface area contributed by atoms with Crippen molar-refractivity contribution in [1.82, 2.24) is 15.5 Å². The molecule has 1 fully saturated rings. The molecule has 0 spiro atoms. The second kappa shape index (κ2) is 13.5. The van der Waals surface area contributed by atoms with Crippen LogP contribution in [-0.2, 0) is 24.4 Å². The van der Waals surface area contributed by atoms with E-state index >= 15 is 0 Å². The zero-order valence-corrected chi connectivity index (χ0v) is 21.7. The highest BCUT2D eigenvalue weighted by Gasteiger charge is 2.16. The number of halogens is 1. The number of nitrogens with one attached hydrogen (secondary N) is 2. The van der Waals surface area contributed by atoms with E-state index in [0.29, 0.717) is 19.2 Å². The van der Waals surface area contributed by atoms with Crippen LogP contribution in [-0.4, -0.2) is 57.9 Å². The molecule has 0 aromatic heterocycles. The molecule has 1 unspecified atom stereocenters. The second-order valence-corrected chi connectivity index (χ2v) is 7.71. The number of benzene rings is 2. The predicted octanol–water partition coefficient (Wildman–Crippen LogP) is 3.41. The van der Waals surface area contributed by atoms with Crippen molar-refractivity contribution in [3.63, 3.8) is 0 Å². The lowest BCUT2D eigenvalue weighted by Crippen LogP contribution is -2.40. The number of aliphatic imine (C=N–C) groups is 1. The standard InChI is InChI=1S/C24H34N4O3.HI/c1-18-16-28(10-11-31-18)17-21-7-5-6-19(12-21)14-26-24(25-2)27-15-20-8-9-22(29-3)23(13-20)30-4;/h5-9,12-13,18H,10-11,14-17H2,1-4H3,(H2,25,26,27);1H. The number of guanidine groups is 1. The summed E-state index contributed by atoms with van der Waals surface area (Å²) < 4.78 is 16.3. The average molecular weight is 554 g/mol. The number of hydrogen-bond acceptors (Lipinski definition) is 5. The predicted molar refractivity (Wildman–Crippen MR) is 139 cm³/mol. The summed E-state index contributed by atoms with van der Waals surface area (Å²) in [5.74, 6) is 2.19. The molecule has 3 rings (SSSR count).